The van der Waals surface area contributed by atoms with E-state index < -0.39 is 24.3 Å². The molecule has 0 aliphatic rings. The van der Waals surface area contributed by atoms with Crippen molar-refractivity contribution in [3.8, 4) is 0 Å². The third-order valence-corrected chi connectivity index (χ3v) is 14.4. The summed E-state index contributed by atoms with van der Waals surface area (Å²) in [4.78, 5) is 37.4. The van der Waals surface area contributed by atoms with Crippen molar-refractivity contribution in [2.45, 2.75) is 283 Å². The van der Waals surface area contributed by atoms with Crippen molar-refractivity contribution in [1.82, 2.24) is 0 Å². The van der Waals surface area contributed by atoms with Crippen molar-refractivity contribution >= 4 is 17.9 Å². The Morgan fingerprint density at radius 3 is 0.941 bits per heavy atom. The number of quaternary nitrogens is 1. The molecule has 0 aliphatic carbocycles. The zero-order chi connectivity index (χ0) is 61.9. The van der Waals surface area contributed by atoms with E-state index in [1.807, 2.05) is 21.1 Å². The van der Waals surface area contributed by atoms with E-state index in [9.17, 15) is 19.5 Å². The van der Waals surface area contributed by atoms with Crippen LogP contribution in [0.1, 0.15) is 271 Å². The van der Waals surface area contributed by atoms with E-state index in [0.717, 1.165) is 116 Å². The maximum Gasteiger partial charge on any atom is 0.306 e. The molecular formula is C76H127NO8. The number of rotatable bonds is 62. The van der Waals surface area contributed by atoms with Crippen molar-refractivity contribution in [2.75, 3.05) is 47.5 Å². The summed E-state index contributed by atoms with van der Waals surface area (Å²) in [5.74, 6) is -2.32. The lowest BCUT2D eigenvalue weighted by atomic mass is 10.0. The molecule has 0 rings (SSSR count). The predicted molar refractivity (Wildman–Crippen MR) is 361 cm³/mol. The van der Waals surface area contributed by atoms with Crippen LogP contribution >= 0.6 is 0 Å². The number of hydrogen-bond acceptors (Lipinski definition) is 8. The van der Waals surface area contributed by atoms with E-state index in [1.54, 1.807) is 0 Å². The Kier molecular flexibility index (Phi) is 61.9. The van der Waals surface area contributed by atoms with E-state index in [-0.39, 0.29) is 38.6 Å². The fourth-order valence-corrected chi connectivity index (χ4v) is 9.22. The highest BCUT2D eigenvalue weighted by molar-refractivity contribution is 5.70. The maximum atomic E-state index is 12.9. The van der Waals surface area contributed by atoms with Crippen molar-refractivity contribution < 1.29 is 42.9 Å². The minimum Gasteiger partial charge on any atom is -0.545 e. The van der Waals surface area contributed by atoms with Crippen LogP contribution in [-0.4, -0.2) is 82.3 Å². The first kappa shape index (κ1) is 80.4. The minimum atomic E-state index is -1.64. The van der Waals surface area contributed by atoms with E-state index in [2.05, 4.69) is 148 Å². The van der Waals surface area contributed by atoms with E-state index in [0.29, 0.717) is 17.4 Å². The molecule has 0 aromatic rings. The van der Waals surface area contributed by atoms with Gasteiger partial charge in [0.1, 0.15) is 13.2 Å². The molecule has 0 saturated heterocycles. The van der Waals surface area contributed by atoms with Gasteiger partial charge in [-0.15, -0.1) is 0 Å². The van der Waals surface area contributed by atoms with Gasteiger partial charge in [-0.25, -0.2) is 0 Å². The first-order valence-electron chi connectivity index (χ1n) is 34.3. The van der Waals surface area contributed by atoms with Crippen LogP contribution in [-0.2, 0) is 33.3 Å². The Balaban J connectivity index is 4.10. The van der Waals surface area contributed by atoms with Crippen LogP contribution in [0.5, 0.6) is 0 Å². The molecule has 2 atom stereocenters. The molecule has 0 saturated carbocycles. The molecule has 0 radical (unpaired) electrons. The van der Waals surface area contributed by atoms with Crippen LogP contribution in [0.3, 0.4) is 0 Å². The largest absolute Gasteiger partial charge is 0.545 e. The Bertz CT molecular complexity index is 1860. The normalized spacial score (nSPS) is 13.6. The van der Waals surface area contributed by atoms with Gasteiger partial charge in [-0.2, -0.15) is 0 Å². The number of carboxylic acids is 1. The number of carboxylic acid groups (broad SMARTS) is 1. The number of carbonyl (C=O) groups excluding carboxylic acids is 3. The van der Waals surface area contributed by atoms with Gasteiger partial charge in [-0.1, -0.05) is 282 Å². The Hall–Kier alpha value is -4.57. The third kappa shape index (κ3) is 66.8. The van der Waals surface area contributed by atoms with Crippen molar-refractivity contribution in [3.63, 3.8) is 0 Å². The zero-order valence-corrected chi connectivity index (χ0v) is 55.2. The molecule has 0 spiro atoms. The highest BCUT2D eigenvalue weighted by Gasteiger charge is 2.22. The van der Waals surface area contributed by atoms with Crippen molar-refractivity contribution in [3.05, 3.63) is 134 Å². The highest BCUT2D eigenvalue weighted by atomic mass is 16.7. The van der Waals surface area contributed by atoms with Gasteiger partial charge in [-0.05, 0) is 109 Å². The Labute approximate surface area is 522 Å². The lowest BCUT2D eigenvalue weighted by Gasteiger charge is -2.26. The average Bonchev–Trinajstić information content (AvgIpc) is 3.49. The number of ether oxygens (including phenoxy) is 4. The number of aliphatic carboxylic acids is 1. The number of allylic oxidation sites excluding steroid dienone is 22. The number of nitrogens with zero attached hydrogens (tertiary/aromatic N) is 1. The summed E-state index contributed by atoms with van der Waals surface area (Å²) < 4.78 is 22.7. The van der Waals surface area contributed by atoms with Crippen LogP contribution in [0.4, 0.5) is 0 Å². The lowest BCUT2D eigenvalue weighted by Crippen LogP contribution is -2.44. The quantitative estimate of drug-likeness (QED) is 0.0195. The second kappa shape index (κ2) is 65.4. The van der Waals surface area contributed by atoms with Crippen LogP contribution in [0.25, 0.3) is 0 Å². The molecule has 0 aromatic carbocycles. The Morgan fingerprint density at radius 1 is 0.353 bits per heavy atom. The number of likely N-dealkylation sites (N-methyl/N-ethyl adjacent to an activating group) is 1. The number of carbonyl (C=O) groups is 3. The van der Waals surface area contributed by atoms with E-state index >= 15 is 0 Å². The molecule has 0 heterocycles. The number of hydrogen-bond donors (Lipinski definition) is 0. The topological polar surface area (TPSA) is 111 Å². The molecule has 0 fully saturated rings. The third-order valence-electron chi connectivity index (χ3n) is 14.4. The minimum absolute atomic E-state index is 0.137. The summed E-state index contributed by atoms with van der Waals surface area (Å²) in [5.41, 5.74) is 0. The van der Waals surface area contributed by atoms with Gasteiger partial charge in [0, 0.05) is 12.8 Å². The van der Waals surface area contributed by atoms with Gasteiger partial charge in [0.25, 0.3) is 0 Å². The van der Waals surface area contributed by atoms with Crippen LogP contribution in [0.2, 0.25) is 0 Å². The molecule has 85 heavy (non-hydrogen) atoms. The van der Waals surface area contributed by atoms with Crippen molar-refractivity contribution in [1.29, 1.82) is 0 Å². The second-order valence-electron chi connectivity index (χ2n) is 23.7. The van der Waals surface area contributed by atoms with Crippen molar-refractivity contribution in [2.24, 2.45) is 0 Å². The zero-order valence-electron chi connectivity index (χ0n) is 55.2. The summed E-state index contributed by atoms with van der Waals surface area (Å²) in [6.07, 6.45) is 91.1. The molecule has 0 amide bonds. The molecular weight excluding hydrogens is 1050 g/mol. The predicted octanol–water partition coefficient (Wildman–Crippen LogP) is 20.0. The van der Waals surface area contributed by atoms with Gasteiger partial charge in [0.2, 0.25) is 0 Å². The summed E-state index contributed by atoms with van der Waals surface area (Å²) in [5, 5.41) is 11.8. The fraction of sp³-hybridized carbons (Fsp3) is 0.671. The Morgan fingerprint density at radius 2 is 0.635 bits per heavy atom. The summed E-state index contributed by atoms with van der Waals surface area (Å²) in [7, 11) is 5.91. The molecule has 0 bridgehead atoms. The summed E-state index contributed by atoms with van der Waals surface area (Å²) >= 11 is 0. The van der Waals surface area contributed by atoms with Gasteiger partial charge in [0.05, 0.1) is 40.3 Å². The SMILES string of the molecule is CC/C=C\C/C=C\C/C=C\C/C=C\C/C=C\C/C=C\CCCCCCC(=O)OC(COC(=O)CCCCCCCCCCCCCCCCCCCCCCC/C=C\C/C=C\C/C=C\C/C=C\C/C=C\CC)COC(OCC[N+](C)(C)C)C(=O)[O-]. The first-order valence-corrected chi connectivity index (χ1v) is 34.3. The van der Waals surface area contributed by atoms with Crippen LogP contribution in [0, 0.1) is 0 Å². The van der Waals surface area contributed by atoms with Crippen LogP contribution < -0.4 is 5.11 Å². The maximum absolute atomic E-state index is 12.9. The average molecular weight is 1180 g/mol. The van der Waals surface area contributed by atoms with Gasteiger partial charge < -0.3 is 33.3 Å². The molecule has 0 aromatic heterocycles. The molecule has 0 aliphatic heterocycles. The molecule has 9 heteroatoms. The van der Waals surface area contributed by atoms with Gasteiger partial charge in [-0.3, -0.25) is 9.59 Å². The van der Waals surface area contributed by atoms with Crippen LogP contribution in [0.15, 0.2) is 134 Å². The number of esters is 2. The second-order valence-corrected chi connectivity index (χ2v) is 23.7. The molecule has 2 unspecified atom stereocenters. The van der Waals surface area contributed by atoms with Gasteiger partial charge >= 0.3 is 11.9 Å². The molecule has 0 N–H and O–H groups in total. The smallest absolute Gasteiger partial charge is 0.306 e. The molecule has 484 valence electrons. The lowest BCUT2D eigenvalue weighted by molar-refractivity contribution is -0.870. The standard InChI is InChI=1S/C76H127NO8/c1-6-8-10-12-14-16-18-20-22-24-26-28-30-31-32-33-34-35-36-37-38-39-40-41-42-43-45-46-48-50-52-54-56-58-60-62-64-66-73(78)83-70-72(71-84-76(75(80)81)82-69-68-77(3,4)5)85-74(79)67-65-63-61-59-57-55-53-51-49-47-44-29-27-25-23-21-19-17-15-13-11-9-7-2/h8-11,14-17,20-23,26-29,31-32,47,49,53,55,72,76H,6-7,12-13,18-19,24-25,30,33-46,48,50-52,54,56-71H2,1-5H3/b10-8-,11-9-,16-14-,17-15-,22-20-,23-21-,28-26-,29-27-,32-31-,49-47-,55-53-. The first-order chi connectivity index (χ1) is 41.6. The highest BCUT2D eigenvalue weighted by Crippen LogP contribution is 2.17. The number of unbranched alkanes of at least 4 members (excludes halogenated alkanes) is 25. The summed E-state index contributed by atoms with van der Waals surface area (Å²) in [6.45, 7) is 4.49. The molecule has 9 nitrogen and oxygen atoms in total. The summed E-state index contributed by atoms with van der Waals surface area (Å²) in [6, 6.07) is 0. The fourth-order valence-electron chi connectivity index (χ4n) is 9.22. The van der Waals surface area contributed by atoms with E-state index in [1.165, 1.54) is 122 Å². The van der Waals surface area contributed by atoms with Gasteiger partial charge in [0.15, 0.2) is 12.4 Å². The van der Waals surface area contributed by atoms with E-state index in [4.69, 9.17) is 18.9 Å². The monoisotopic (exact) mass is 1180 g/mol.